The largest absolute Gasteiger partial charge is 0.385 e. The van der Waals surface area contributed by atoms with Crippen LogP contribution in [0.2, 0.25) is 0 Å². The predicted octanol–water partition coefficient (Wildman–Crippen LogP) is 4.51. The zero-order valence-corrected chi connectivity index (χ0v) is 21.1. The van der Waals surface area contributed by atoms with Crippen LogP contribution in [0.4, 0.5) is 5.82 Å². The maximum absolute atomic E-state index is 12.6. The van der Waals surface area contributed by atoms with Crippen LogP contribution in [0.5, 0.6) is 0 Å². The van der Waals surface area contributed by atoms with E-state index in [4.69, 9.17) is 0 Å². The molecule has 2 heterocycles. The van der Waals surface area contributed by atoms with Crippen molar-refractivity contribution in [2.45, 2.75) is 82.8 Å². The summed E-state index contributed by atoms with van der Waals surface area (Å²) >= 11 is 0. The zero-order chi connectivity index (χ0) is 24.6. The van der Waals surface area contributed by atoms with Crippen molar-refractivity contribution in [2.24, 2.45) is 16.8 Å². The van der Waals surface area contributed by atoms with Crippen molar-refractivity contribution in [2.75, 3.05) is 11.9 Å². The molecule has 0 spiro atoms. The smallest absolute Gasteiger partial charge is 0.239 e. The van der Waals surface area contributed by atoms with Gasteiger partial charge in [-0.05, 0) is 79.0 Å². The normalized spacial score (nSPS) is 28.5. The average molecular weight is 476 g/mol. The number of carbonyl (C=O) groups is 1. The van der Waals surface area contributed by atoms with Crippen molar-refractivity contribution < 1.29 is 9.90 Å². The predicted molar refractivity (Wildman–Crippen MR) is 139 cm³/mol. The minimum absolute atomic E-state index is 0.00150. The van der Waals surface area contributed by atoms with Crippen molar-refractivity contribution in [1.29, 1.82) is 0 Å². The van der Waals surface area contributed by atoms with Crippen LogP contribution in [0.3, 0.4) is 0 Å². The summed E-state index contributed by atoms with van der Waals surface area (Å²) in [5.41, 5.74) is 2.53. The first-order valence-electron chi connectivity index (χ1n) is 12.9. The summed E-state index contributed by atoms with van der Waals surface area (Å²) < 4.78 is 0. The van der Waals surface area contributed by atoms with Crippen molar-refractivity contribution in [1.82, 2.24) is 15.3 Å². The van der Waals surface area contributed by atoms with Gasteiger partial charge >= 0.3 is 0 Å². The van der Waals surface area contributed by atoms with E-state index in [1.165, 1.54) is 11.9 Å². The van der Waals surface area contributed by atoms with Gasteiger partial charge in [-0.2, -0.15) is 0 Å². The number of aliphatic hydroxyl groups is 1. The lowest BCUT2D eigenvalue weighted by Gasteiger charge is -2.45. The van der Waals surface area contributed by atoms with Crippen molar-refractivity contribution >= 4 is 28.8 Å². The zero-order valence-electron chi connectivity index (χ0n) is 21.1. The third-order valence-electron chi connectivity index (χ3n) is 8.23. The number of aromatic nitrogens is 2. The number of hydrogen-bond acceptors (Lipinski definition) is 6. The molecule has 2 aliphatic carbocycles. The molecule has 1 aliphatic heterocycles. The Kier molecular flexibility index (Phi) is 6.38. The number of nitrogens with zero attached hydrogens (tertiary/aromatic N) is 3. The van der Waals surface area contributed by atoms with Crippen LogP contribution < -0.4 is 10.6 Å². The third-order valence-corrected chi connectivity index (χ3v) is 8.23. The van der Waals surface area contributed by atoms with Crippen molar-refractivity contribution in [3.63, 3.8) is 0 Å². The van der Waals surface area contributed by atoms with E-state index in [2.05, 4.69) is 58.5 Å². The van der Waals surface area contributed by atoms with Crippen molar-refractivity contribution in [3.8, 4) is 0 Å². The summed E-state index contributed by atoms with van der Waals surface area (Å²) in [7, 11) is 0. The summed E-state index contributed by atoms with van der Waals surface area (Å²) in [6, 6.07) is 6.48. The molecule has 0 unspecified atom stereocenters. The molecule has 3 N–H and O–H groups in total. The van der Waals surface area contributed by atoms with E-state index in [1.54, 1.807) is 0 Å². The summed E-state index contributed by atoms with van der Waals surface area (Å²) in [5.74, 6) is 1.99. The van der Waals surface area contributed by atoms with Crippen LogP contribution in [0, 0.1) is 11.8 Å². The van der Waals surface area contributed by atoms with Crippen LogP contribution in [0.25, 0.3) is 10.9 Å². The Bertz CT molecular complexity index is 1150. The number of nitrogens with one attached hydrogen (secondary N) is 2. The minimum atomic E-state index is -0.658. The van der Waals surface area contributed by atoms with E-state index < -0.39 is 5.60 Å². The second-order valence-electron chi connectivity index (χ2n) is 11.6. The molecule has 7 heteroatoms. The molecule has 0 radical (unpaired) electrons. The van der Waals surface area contributed by atoms with Gasteiger partial charge in [-0.25, -0.2) is 9.97 Å². The highest BCUT2D eigenvalue weighted by Gasteiger charge is 2.42. The monoisotopic (exact) mass is 475 g/mol. The van der Waals surface area contributed by atoms with E-state index in [1.807, 2.05) is 18.5 Å². The number of anilines is 1. The van der Waals surface area contributed by atoms with Gasteiger partial charge in [-0.3, -0.25) is 9.79 Å². The fraction of sp³-hybridized carbons (Fsp3) is 0.571. The molecule has 5 rings (SSSR count). The Labute approximate surface area is 207 Å². The molecule has 7 nitrogen and oxygen atoms in total. The fourth-order valence-corrected chi connectivity index (χ4v) is 5.84. The summed E-state index contributed by atoms with van der Waals surface area (Å²) in [4.78, 5) is 25.6. The topological polar surface area (TPSA) is 99.5 Å². The van der Waals surface area contributed by atoms with Gasteiger partial charge in [0, 0.05) is 30.3 Å². The molecule has 1 aromatic heterocycles. The van der Waals surface area contributed by atoms with Gasteiger partial charge in [0.25, 0.3) is 0 Å². The lowest BCUT2D eigenvalue weighted by molar-refractivity contribution is -0.121. The SMILES string of the molecule is CC(C)(C)c1ccc2ncnc(NCC(=O)NC3CC(C4CCC(O)(C5=CN=CC5)CC4)C3)c2c1. The van der Waals surface area contributed by atoms with E-state index >= 15 is 0 Å². The second-order valence-corrected chi connectivity index (χ2v) is 11.6. The van der Waals surface area contributed by atoms with Crippen LogP contribution >= 0.6 is 0 Å². The molecule has 0 saturated heterocycles. The number of amides is 1. The summed E-state index contributed by atoms with van der Waals surface area (Å²) in [6.45, 7) is 6.74. The Morgan fingerprint density at radius 3 is 2.60 bits per heavy atom. The molecule has 2 aromatic rings. The molecule has 186 valence electrons. The van der Waals surface area contributed by atoms with Gasteiger partial charge in [-0.1, -0.05) is 26.8 Å². The number of aliphatic imine (C=N–C) groups is 1. The summed E-state index contributed by atoms with van der Waals surface area (Å²) in [6.07, 6.45) is 11.9. The maximum Gasteiger partial charge on any atom is 0.239 e. The lowest BCUT2D eigenvalue weighted by atomic mass is 9.64. The Hall–Kier alpha value is -2.80. The molecular formula is C28H37N5O2. The second kappa shape index (κ2) is 9.34. The highest BCUT2D eigenvalue weighted by atomic mass is 16.3. The molecule has 1 amide bonds. The van der Waals surface area contributed by atoms with Gasteiger partial charge < -0.3 is 15.7 Å². The van der Waals surface area contributed by atoms with Crippen LogP contribution in [-0.4, -0.2) is 45.4 Å². The number of hydrogen-bond donors (Lipinski definition) is 3. The Morgan fingerprint density at radius 2 is 1.91 bits per heavy atom. The Balaban J connectivity index is 1.09. The van der Waals surface area contributed by atoms with Gasteiger partial charge in [0.15, 0.2) is 0 Å². The maximum atomic E-state index is 12.6. The average Bonchev–Trinajstić information content (AvgIpc) is 3.36. The minimum Gasteiger partial charge on any atom is -0.385 e. The van der Waals surface area contributed by atoms with E-state index in [0.29, 0.717) is 17.7 Å². The molecule has 35 heavy (non-hydrogen) atoms. The summed E-state index contributed by atoms with van der Waals surface area (Å²) in [5, 5.41) is 18.3. The molecule has 0 bridgehead atoms. The van der Waals surface area contributed by atoms with Crippen LogP contribution in [-0.2, 0) is 10.2 Å². The lowest BCUT2D eigenvalue weighted by Crippen LogP contribution is -2.49. The molecule has 0 atom stereocenters. The van der Waals surface area contributed by atoms with Gasteiger partial charge in [0.2, 0.25) is 5.91 Å². The first-order chi connectivity index (χ1) is 16.7. The van der Waals surface area contributed by atoms with E-state index in [-0.39, 0.29) is 23.9 Å². The molecule has 2 fully saturated rings. The number of fused-ring (bicyclic) bond motifs is 1. The number of carbonyl (C=O) groups excluding carboxylic acids is 1. The molecular weight excluding hydrogens is 438 g/mol. The highest BCUT2D eigenvalue weighted by Crippen LogP contribution is 2.46. The number of benzene rings is 1. The standard InChI is InChI=1S/C28H37N5O2/c1-27(2,3)20-4-5-24-23(14-20)26(32-17-31-24)30-16-25(34)33-22-12-19(13-22)18-6-9-28(35,10-7-18)21-8-11-29-15-21/h4-5,11,14-15,17-19,22,35H,6-10,12-13,16H2,1-3H3,(H,33,34)(H,30,31,32). The van der Waals surface area contributed by atoms with Gasteiger partial charge in [0.1, 0.15) is 12.1 Å². The molecule has 2 saturated carbocycles. The van der Waals surface area contributed by atoms with Crippen LogP contribution in [0.15, 0.2) is 41.3 Å². The molecule has 1 aromatic carbocycles. The highest BCUT2D eigenvalue weighted by molar-refractivity contribution is 5.91. The van der Waals surface area contributed by atoms with Gasteiger partial charge in [0.05, 0.1) is 17.7 Å². The Morgan fingerprint density at radius 1 is 1.14 bits per heavy atom. The van der Waals surface area contributed by atoms with E-state index in [9.17, 15) is 9.90 Å². The third kappa shape index (κ3) is 5.10. The van der Waals surface area contributed by atoms with Crippen LogP contribution in [0.1, 0.15) is 71.3 Å². The first-order valence-corrected chi connectivity index (χ1v) is 12.9. The quantitative estimate of drug-likeness (QED) is 0.571. The van der Waals surface area contributed by atoms with Gasteiger partial charge in [-0.15, -0.1) is 0 Å². The first kappa shape index (κ1) is 23.9. The van der Waals surface area contributed by atoms with Crippen molar-refractivity contribution in [3.05, 3.63) is 41.9 Å². The number of rotatable bonds is 6. The molecule has 3 aliphatic rings. The fourth-order valence-electron chi connectivity index (χ4n) is 5.84. The van der Waals surface area contributed by atoms with E-state index in [0.717, 1.165) is 61.4 Å².